The molecule has 4 aromatic rings. The van der Waals surface area contributed by atoms with Gasteiger partial charge in [-0.1, -0.05) is 36.4 Å². The van der Waals surface area contributed by atoms with Crippen molar-refractivity contribution in [3.63, 3.8) is 0 Å². The lowest BCUT2D eigenvalue weighted by molar-refractivity contribution is 0.949. The number of rotatable bonds is 3. The van der Waals surface area contributed by atoms with E-state index in [1.165, 1.54) is 29.5 Å². The van der Waals surface area contributed by atoms with Crippen LogP contribution in [0.2, 0.25) is 0 Å². The summed E-state index contributed by atoms with van der Waals surface area (Å²) >= 11 is 0. The zero-order chi connectivity index (χ0) is 19.8. The summed E-state index contributed by atoms with van der Waals surface area (Å²) in [6.07, 6.45) is 4.45. The van der Waals surface area contributed by atoms with Crippen molar-refractivity contribution in [2.75, 3.05) is 18.0 Å². The fraction of sp³-hybridized carbons (Fsp3) is 0.200. The molecule has 0 atom stereocenters. The molecule has 5 rings (SSSR count). The van der Waals surface area contributed by atoms with Gasteiger partial charge in [-0.3, -0.25) is 0 Å². The number of aromatic amines is 1. The number of H-pyrrole nitrogens is 1. The highest BCUT2D eigenvalue weighted by Gasteiger charge is 2.16. The maximum Gasteiger partial charge on any atom is 0.149 e. The van der Waals surface area contributed by atoms with Crippen LogP contribution in [0.4, 0.5) is 5.69 Å². The SMILES string of the molecule is Cc1ccc2nc(C(C#N)=Cc3ccc(N4CCCC4)c4ccccc34)[nH]c2c1. The lowest BCUT2D eigenvalue weighted by atomic mass is 10.0. The van der Waals surface area contributed by atoms with Gasteiger partial charge in [0.1, 0.15) is 11.9 Å². The number of nitrogens with zero attached hydrogens (tertiary/aromatic N) is 3. The number of hydrogen-bond donors (Lipinski definition) is 1. The summed E-state index contributed by atoms with van der Waals surface area (Å²) in [5, 5.41) is 12.2. The van der Waals surface area contributed by atoms with Crippen molar-refractivity contribution in [2.24, 2.45) is 0 Å². The van der Waals surface area contributed by atoms with E-state index in [2.05, 4.69) is 70.3 Å². The van der Waals surface area contributed by atoms with Gasteiger partial charge in [0.2, 0.25) is 0 Å². The maximum absolute atomic E-state index is 9.83. The molecule has 0 bridgehead atoms. The fourth-order valence-corrected chi connectivity index (χ4v) is 4.23. The van der Waals surface area contributed by atoms with Crippen LogP contribution in [-0.4, -0.2) is 23.1 Å². The van der Waals surface area contributed by atoms with Crippen LogP contribution in [0, 0.1) is 18.3 Å². The molecular weight excluding hydrogens is 356 g/mol. The van der Waals surface area contributed by atoms with Gasteiger partial charge in [0, 0.05) is 24.2 Å². The molecule has 142 valence electrons. The van der Waals surface area contributed by atoms with Crippen LogP contribution < -0.4 is 4.90 Å². The molecule has 1 fully saturated rings. The first-order valence-electron chi connectivity index (χ1n) is 10.1. The van der Waals surface area contributed by atoms with Crippen LogP contribution in [0.25, 0.3) is 33.5 Å². The van der Waals surface area contributed by atoms with Gasteiger partial charge in [0.25, 0.3) is 0 Å². The zero-order valence-electron chi connectivity index (χ0n) is 16.4. The molecule has 0 spiro atoms. The molecule has 3 aromatic carbocycles. The van der Waals surface area contributed by atoms with Gasteiger partial charge < -0.3 is 9.88 Å². The van der Waals surface area contributed by atoms with Gasteiger partial charge in [0.05, 0.1) is 16.6 Å². The van der Waals surface area contributed by atoms with E-state index in [4.69, 9.17) is 0 Å². The van der Waals surface area contributed by atoms with E-state index >= 15 is 0 Å². The van der Waals surface area contributed by atoms with Crippen molar-refractivity contribution in [3.05, 3.63) is 71.5 Å². The van der Waals surface area contributed by atoms with Gasteiger partial charge in [-0.15, -0.1) is 0 Å². The Balaban J connectivity index is 1.63. The van der Waals surface area contributed by atoms with E-state index in [1.54, 1.807) is 0 Å². The van der Waals surface area contributed by atoms with Crippen molar-refractivity contribution in [2.45, 2.75) is 19.8 Å². The summed E-state index contributed by atoms with van der Waals surface area (Å²) in [6, 6.07) is 21.2. The van der Waals surface area contributed by atoms with Crippen molar-refractivity contribution >= 4 is 39.1 Å². The second kappa shape index (κ2) is 7.10. The number of nitriles is 1. The highest BCUT2D eigenvalue weighted by molar-refractivity contribution is 6.03. The van der Waals surface area contributed by atoms with E-state index in [0.717, 1.165) is 35.1 Å². The van der Waals surface area contributed by atoms with Crippen molar-refractivity contribution in [1.82, 2.24) is 9.97 Å². The van der Waals surface area contributed by atoms with Crippen LogP contribution in [0.3, 0.4) is 0 Å². The predicted octanol–water partition coefficient (Wildman–Crippen LogP) is 5.69. The first kappa shape index (κ1) is 17.5. The number of anilines is 1. The molecule has 29 heavy (non-hydrogen) atoms. The molecule has 2 heterocycles. The Morgan fingerprint density at radius 1 is 1.07 bits per heavy atom. The molecule has 1 aliphatic rings. The van der Waals surface area contributed by atoms with Gasteiger partial charge in [-0.05, 0) is 60.6 Å². The summed E-state index contributed by atoms with van der Waals surface area (Å²) in [4.78, 5) is 10.4. The Bertz CT molecular complexity index is 1280. The van der Waals surface area contributed by atoms with Crippen molar-refractivity contribution in [1.29, 1.82) is 5.26 Å². The molecule has 1 aliphatic heterocycles. The highest BCUT2D eigenvalue weighted by Crippen LogP contribution is 2.33. The third-order valence-electron chi connectivity index (χ3n) is 5.69. The lowest BCUT2D eigenvalue weighted by Crippen LogP contribution is -2.17. The highest BCUT2D eigenvalue weighted by atomic mass is 15.1. The molecule has 0 amide bonds. The van der Waals surface area contributed by atoms with Gasteiger partial charge >= 0.3 is 0 Å². The van der Waals surface area contributed by atoms with E-state index in [9.17, 15) is 5.26 Å². The number of hydrogen-bond acceptors (Lipinski definition) is 3. The number of allylic oxidation sites excluding steroid dienone is 1. The predicted molar refractivity (Wildman–Crippen MR) is 120 cm³/mol. The minimum absolute atomic E-state index is 0.540. The molecule has 0 aliphatic carbocycles. The van der Waals surface area contributed by atoms with Crippen LogP contribution in [-0.2, 0) is 0 Å². The Labute approximate surface area is 170 Å². The Morgan fingerprint density at radius 3 is 2.66 bits per heavy atom. The first-order valence-corrected chi connectivity index (χ1v) is 10.1. The quantitative estimate of drug-likeness (QED) is 0.466. The average Bonchev–Trinajstić information content (AvgIpc) is 3.41. The summed E-state index contributed by atoms with van der Waals surface area (Å²) in [7, 11) is 0. The molecule has 4 nitrogen and oxygen atoms in total. The largest absolute Gasteiger partial charge is 0.371 e. The Kier molecular flexibility index (Phi) is 4.29. The summed E-state index contributed by atoms with van der Waals surface area (Å²) in [6.45, 7) is 4.27. The van der Waals surface area contributed by atoms with E-state index in [0.29, 0.717) is 11.4 Å². The lowest BCUT2D eigenvalue weighted by Gasteiger charge is -2.20. The Hall–Kier alpha value is -3.58. The van der Waals surface area contributed by atoms with Crippen molar-refractivity contribution < 1.29 is 0 Å². The molecule has 1 N–H and O–H groups in total. The second-order valence-corrected chi connectivity index (χ2v) is 7.69. The molecule has 4 heteroatoms. The number of imidazole rings is 1. The molecular formula is C25H22N4. The average molecular weight is 378 g/mol. The van der Waals surface area contributed by atoms with Crippen LogP contribution in [0.15, 0.2) is 54.6 Å². The smallest absolute Gasteiger partial charge is 0.149 e. The molecule has 0 unspecified atom stereocenters. The zero-order valence-corrected chi connectivity index (χ0v) is 16.4. The van der Waals surface area contributed by atoms with Gasteiger partial charge in [-0.25, -0.2) is 4.98 Å². The Morgan fingerprint density at radius 2 is 1.86 bits per heavy atom. The van der Waals surface area contributed by atoms with Crippen LogP contribution in [0.5, 0.6) is 0 Å². The second-order valence-electron chi connectivity index (χ2n) is 7.69. The van der Waals surface area contributed by atoms with Crippen molar-refractivity contribution in [3.8, 4) is 6.07 Å². The fourth-order valence-electron chi connectivity index (χ4n) is 4.23. The monoisotopic (exact) mass is 378 g/mol. The van der Waals surface area contributed by atoms with E-state index < -0.39 is 0 Å². The number of benzene rings is 3. The maximum atomic E-state index is 9.83. The molecule has 0 saturated carbocycles. The number of aryl methyl sites for hydroxylation is 1. The van der Waals surface area contributed by atoms with Gasteiger partial charge in [0.15, 0.2) is 0 Å². The number of aromatic nitrogens is 2. The summed E-state index contributed by atoms with van der Waals surface area (Å²) in [5.41, 5.74) is 5.86. The van der Waals surface area contributed by atoms with Crippen LogP contribution in [0.1, 0.15) is 29.8 Å². The normalized spacial score (nSPS) is 14.6. The first-order chi connectivity index (χ1) is 14.2. The molecule has 1 saturated heterocycles. The van der Waals surface area contributed by atoms with E-state index in [-0.39, 0.29) is 0 Å². The summed E-state index contributed by atoms with van der Waals surface area (Å²) in [5.74, 6) is 0.612. The molecule has 1 aromatic heterocycles. The number of nitrogens with one attached hydrogen (secondary N) is 1. The number of fused-ring (bicyclic) bond motifs is 2. The summed E-state index contributed by atoms with van der Waals surface area (Å²) < 4.78 is 0. The van der Waals surface area contributed by atoms with Gasteiger partial charge in [-0.2, -0.15) is 5.26 Å². The minimum Gasteiger partial charge on any atom is -0.371 e. The minimum atomic E-state index is 0.540. The van der Waals surface area contributed by atoms with Crippen LogP contribution >= 0.6 is 0 Å². The standard InChI is InChI=1S/C25H22N4/c1-17-8-10-22-23(14-17)28-25(27-22)19(16-26)15-18-9-11-24(29-12-4-5-13-29)21-7-3-2-6-20(18)21/h2-3,6-11,14-15H,4-5,12-13H2,1H3,(H,27,28). The third-order valence-corrected chi connectivity index (χ3v) is 5.69. The topological polar surface area (TPSA) is 55.7 Å². The molecule has 0 radical (unpaired) electrons. The van der Waals surface area contributed by atoms with E-state index in [1.807, 2.05) is 18.2 Å². The third kappa shape index (κ3) is 3.15.